The first kappa shape index (κ1) is 31.0. The summed E-state index contributed by atoms with van der Waals surface area (Å²) in [5.74, 6) is -1.96. The van der Waals surface area contributed by atoms with Crippen molar-refractivity contribution in [1.82, 2.24) is 21.2 Å². The van der Waals surface area contributed by atoms with Gasteiger partial charge in [-0.25, -0.2) is 9.59 Å². The number of rotatable bonds is 9. The summed E-state index contributed by atoms with van der Waals surface area (Å²) < 4.78 is 10.2. The van der Waals surface area contributed by atoms with Gasteiger partial charge >= 0.3 is 12.1 Å². The highest BCUT2D eigenvalue weighted by Gasteiger charge is 2.26. The zero-order valence-electron chi connectivity index (χ0n) is 23.2. The van der Waals surface area contributed by atoms with Gasteiger partial charge in [0.1, 0.15) is 11.6 Å². The summed E-state index contributed by atoms with van der Waals surface area (Å²) in [5, 5.41) is 5.34. The number of alkyl carbamates (subject to hydrolysis) is 1. The summed E-state index contributed by atoms with van der Waals surface area (Å²) in [6, 6.07) is 12.6. The number of thioether (sulfide) groups is 1. The fourth-order valence-electron chi connectivity index (χ4n) is 3.68. The number of benzene rings is 2. The molecule has 2 aromatic carbocycles. The van der Waals surface area contributed by atoms with Crippen molar-refractivity contribution in [2.75, 3.05) is 17.7 Å². The molecule has 0 bridgehead atoms. The summed E-state index contributed by atoms with van der Waals surface area (Å²) >= 11 is 0.620. The molecule has 4 amide bonds. The molecule has 13 heteroatoms. The van der Waals surface area contributed by atoms with E-state index in [-0.39, 0.29) is 24.3 Å². The van der Waals surface area contributed by atoms with E-state index in [1.165, 1.54) is 6.07 Å². The van der Waals surface area contributed by atoms with Gasteiger partial charge in [0, 0.05) is 29.2 Å². The molecule has 5 N–H and O–H groups in total. The molecule has 1 atom stereocenters. The Bertz CT molecular complexity index is 1420. The molecule has 1 heterocycles. The lowest BCUT2D eigenvalue weighted by Gasteiger charge is -2.23. The number of aromatic amines is 1. The largest absolute Gasteiger partial charge is 0.462 e. The fraction of sp³-hybridized carbons (Fsp3) is 0.321. The van der Waals surface area contributed by atoms with Crippen LogP contribution in [0.2, 0.25) is 0 Å². The van der Waals surface area contributed by atoms with Crippen LogP contribution in [0.5, 0.6) is 0 Å². The number of esters is 1. The fourth-order valence-corrected chi connectivity index (χ4v) is 4.14. The Morgan fingerprint density at radius 2 is 1.76 bits per heavy atom. The van der Waals surface area contributed by atoms with Crippen molar-refractivity contribution in [3.63, 3.8) is 0 Å². The van der Waals surface area contributed by atoms with Crippen LogP contribution in [0, 0.1) is 0 Å². The quantitative estimate of drug-likeness (QED) is 0.187. The number of carbonyl (C=O) groups is 5. The lowest BCUT2D eigenvalue weighted by molar-refractivity contribution is -0.123. The van der Waals surface area contributed by atoms with Crippen LogP contribution in [0.1, 0.15) is 43.6 Å². The highest BCUT2D eigenvalue weighted by molar-refractivity contribution is 8.14. The van der Waals surface area contributed by atoms with Crippen LogP contribution in [0.15, 0.2) is 54.7 Å². The van der Waals surface area contributed by atoms with Gasteiger partial charge in [-0.15, -0.1) is 0 Å². The molecular formula is C28H33N5O7S. The summed E-state index contributed by atoms with van der Waals surface area (Å²) in [6.45, 7) is 7.01. The first-order valence-electron chi connectivity index (χ1n) is 12.8. The molecule has 0 spiro atoms. The standard InChI is InChI=1S/C28H33N5O7S/c1-5-39-25(36)17-9-8-10-19(13-17)30-23(34)16-41-27(38)33-32-24(35)22(31-26(37)40-28(2,3)4)14-18-15-29-21-12-7-6-11-20(18)21/h6-13,15,22,29H,5,14,16H2,1-4H3,(H,30,34)(H,31,37)(H,32,35)(H,33,38)/t22-/m1/s1. The van der Waals surface area contributed by atoms with E-state index in [1.807, 2.05) is 24.3 Å². The molecule has 218 valence electrons. The molecule has 3 aromatic rings. The van der Waals surface area contributed by atoms with E-state index in [2.05, 4.69) is 26.5 Å². The number of anilines is 1. The second-order valence-electron chi connectivity index (χ2n) is 9.80. The van der Waals surface area contributed by atoms with Crippen molar-refractivity contribution in [2.24, 2.45) is 0 Å². The molecule has 12 nitrogen and oxygen atoms in total. The van der Waals surface area contributed by atoms with Crippen molar-refractivity contribution in [2.45, 2.75) is 45.8 Å². The van der Waals surface area contributed by atoms with Gasteiger partial charge in [-0.3, -0.25) is 25.2 Å². The van der Waals surface area contributed by atoms with Gasteiger partial charge in [-0.1, -0.05) is 36.0 Å². The molecule has 0 saturated carbocycles. The van der Waals surface area contributed by atoms with Gasteiger partial charge in [0.25, 0.3) is 11.1 Å². The number of hydrogen-bond donors (Lipinski definition) is 5. The van der Waals surface area contributed by atoms with E-state index in [0.29, 0.717) is 17.4 Å². The van der Waals surface area contributed by atoms with Crippen molar-refractivity contribution < 1.29 is 33.4 Å². The predicted molar refractivity (Wildman–Crippen MR) is 155 cm³/mol. The van der Waals surface area contributed by atoms with Crippen molar-refractivity contribution >= 4 is 57.5 Å². The Morgan fingerprint density at radius 3 is 2.49 bits per heavy atom. The van der Waals surface area contributed by atoms with Crippen LogP contribution in [-0.2, 0) is 25.5 Å². The first-order valence-corrected chi connectivity index (χ1v) is 13.8. The second kappa shape index (κ2) is 14.2. The van der Waals surface area contributed by atoms with Crippen LogP contribution in [0.25, 0.3) is 10.9 Å². The molecule has 3 rings (SSSR count). The van der Waals surface area contributed by atoms with Crippen LogP contribution in [0.4, 0.5) is 15.3 Å². The molecule has 0 unspecified atom stereocenters. The van der Waals surface area contributed by atoms with Crippen LogP contribution < -0.4 is 21.5 Å². The normalized spacial score (nSPS) is 11.7. The van der Waals surface area contributed by atoms with Crippen molar-refractivity contribution in [3.05, 3.63) is 65.9 Å². The zero-order chi connectivity index (χ0) is 30.0. The van der Waals surface area contributed by atoms with Crippen LogP contribution in [-0.4, -0.2) is 58.1 Å². The Hall–Kier alpha value is -4.52. The minimum absolute atomic E-state index is 0.116. The lowest BCUT2D eigenvalue weighted by Crippen LogP contribution is -2.53. The Labute approximate surface area is 241 Å². The van der Waals surface area contributed by atoms with E-state index >= 15 is 0 Å². The van der Waals surface area contributed by atoms with Gasteiger partial charge in [-0.2, -0.15) is 0 Å². The maximum absolute atomic E-state index is 13.0. The molecule has 41 heavy (non-hydrogen) atoms. The highest BCUT2D eigenvalue weighted by atomic mass is 32.2. The zero-order valence-corrected chi connectivity index (χ0v) is 24.0. The number of aromatic nitrogens is 1. The third-order valence-corrected chi connectivity index (χ3v) is 6.16. The van der Waals surface area contributed by atoms with Gasteiger partial charge in [0.15, 0.2) is 0 Å². The predicted octanol–water partition coefficient (Wildman–Crippen LogP) is 3.89. The van der Waals surface area contributed by atoms with Crippen LogP contribution in [0.3, 0.4) is 0 Å². The Morgan fingerprint density at radius 1 is 1.00 bits per heavy atom. The van der Waals surface area contributed by atoms with E-state index in [0.717, 1.165) is 16.5 Å². The molecule has 0 aliphatic carbocycles. The average Bonchev–Trinajstić information content (AvgIpc) is 3.32. The molecule has 1 aromatic heterocycles. The third-order valence-electron chi connectivity index (χ3n) is 5.39. The van der Waals surface area contributed by atoms with E-state index in [4.69, 9.17) is 9.47 Å². The lowest BCUT2D eigenvalue weighted by atomic mass is 10.0. The number of hydrogen-bond acceptors (Lipinski definition) is 8. The number of fused-ring (bicyclic) bond motifs is 1. The molecular weight excluding hydrogens is 550 g/mol. The van der Waals surface area contributed by atoms with E-state index in [9.17, 15) is 24.0 Å². The number of para-hydroxylation sites is 1. The highest BCUT2D eigenvalue weighted by Crippen LogP contribution is 2.19. The molecule has 0 aliphatic heterocycles. The van der Waals surface area contributed by atoms with Crippen molar-refractivity contribution in [3.8, 4) is 0 Å². The van der Waals surface area contributed by atoms with Gasteiger partial charge in [0.05, 0.1) is 17.9 Å². The van der Waals surface area contributed by atoms with E-state index in [1.54, 1.807) is 52.1 Å². The van der Waals surface area contributed by atoms with E-state index < -0.39 is 40.8 Å². The average molecular weight is 584 g/mol. The third kappa shape index (κ3) is 9.87. The van der Waals surface area contributed by atoms with Gasteiger partial charge in [-0.05, 0) is 57.5 Å². The van der Waals surface area contributed by atoms with Gasteiger partial charge < -0.3 is 25.1 Å². The Balaban J connectivity index is 1.55. The molecule has 0 saturated heterocycles. The number of hydrazine groups is 1. The summed E-state index contributed by atoms with van der Waals surface area (Å²) in [7, 11) is 0. The minimum atomic E-state index is -1.08. The number of carbonyl (C=O) groups excluding carboxylic acids is 5. The Kier molecular flexibility index (Phi) is 10.8. The maximum atomic E-state index is 13.0. The second-order valence-corrected chi connectivity index (χ2v) is 10.8. The smallest absolute Gasteiger partial charge is 0.408 e. The molecule has 0 radical (unpaired) electrons. The summed E-state index contributed by atoms with van der Waals surface area (Å²) in [4.78, 5) is 65.1. The number of nitrogens with one attached hydrogen (secondary N) is 5. The number of ether oxygens (including phenoxy) is 2. The first-order chi connectivity index (χ1) is 19.4. The summed E-state index contributed by atoms with van der Waals surface area (Å²) in [6.07, 6.45) is 1.07. The summed E-state index contributed by atoms with van der Waals surface area (Å²) in [5.41, 5.74) is 6.05. The number of H-pyrrole nitrogens is 1. The number of amides is 4. The SMILES string of the molecule is CCOC(=O)c1cccc(NC(=O)CSC(=O)NNC(=O)[C@@H](Cc2c[nH]c3ccccc23)NC(=O)OC(C)(C)C)c1. The van der Waals surface area contributed by atoms with Gasteiger partial charge in [0.2, 0.25) is 5.91 Å². The van der Waals surface area contributed by atoms with Crippen LogP contribution >= 0.6 is 11.8 Å². The maximum Gasteiger partial charge on any atom is 0.408 e. The molecule has 0 fully saturated rings. The molecule has 0 aliphatic rings. The monoisotopic (exact) mass is 583 g/mol. The van der Waals surface area contributed by atoms with Crippen molar-refractivity contribution in [1.29, 1.82) is 0 Å². The topological polar surface area (TPSA) is 168 Å². The minimum Gasteiger partial charge on any atom is -0.462 e.